The van der Waals surface area contributed by atoms with Crippen LogP contribution in [-0.4, -0.2) is 7.85 Å². The van der Waals surface area contributed by atoms with Crippen molar-refractivity contribution in [2.45, 2.75) is 32.5 Å². The van der Waals surface area contributed by atoms with Gasteiger partial charge in [-0.1, -0.05) is 56.9 Å². The van der Waals surface area contributed by atoms with Crippen LogP contribution in [-0.2, 0) is 11.7 Å². The third-order valence-electron chi connectivity index (χ3n) is 2.06. The Morgan fingerprint density at radius 3 is 1.92 bits per heavy atom. The van der Waals surface area contributed by atoms with Gasteiger partial charge >= 0.3 is 0 Å². The lowest BCUT2D eigenvalue weighted by Crippen LogP contribution is -2.10. The van der Waals surface area contributed by atoms with Crippen molar-refractivity contribution in [3.8, 4) is 0 Å². The van der Waals surface area contributed by atoms with Crippen LogP contribution in [0.2, 0.25) is 0 Å². The first-order valence-electron chi connectivity index (χ1n) is 4.33. The average Bonchev–Trinajstić information content (AvgIpc) is 2.03. The summed E-state index contributed by atoms with van der Waals surface area (Å²) in [5.74, 6) is 0. The number of hydrogen-bond acceptors (Lipinski definition) is 0. The molecule has 0 aliphatic rings. The highest BCUT2D eigenvalue weighted by molar-refractivity contribution is 6.08. The molecule has 1 aromatic rings. The van der Waals surface area contributed by atoms with Crippen LogP contribution in [0, 0.1) is 0 Å². The first-order valence-corrected chi connectivity index (χ1v) is 4.33. The maximum Gasteiger partial charge on any atom is 0.0716 e. The minimum atomic E-state index is 0.243. The fraction of sp³-hybridized carbons (Fsp3) is 0.455. The molecule has 0 N–H and O–H groups in total. The summed E-state index contributed by atoms with van der Waals surface area (Å²) >= 11 is 0. The maximum atomic E-state index is 5.51. The molecular formula is C11H15B. The molecule has 0 nitrogen and oxygen atoms in total. The van der Waals surface area contributed by atoms with E-state index in [9.17, 15) is 0 Å². The summed E-state index contributed by atoms with van der Waals surface area (Å²) in [6, 6.07) is 8.51. The normalized spacial score (nSPS) is 11.6. The number of hydrogen-bond donors (Lipinski definition) is 0. The van der Waals surface area contributed by atoms with Gasteiger partial charge in [-0.15, -0.1) is 0 Å². The van der Waals surface area contributed by atoms with E-state index < -0.39 is 0 Å². The predicted octanol–water partition coefficient (Wildman–Crippen LogP) is 2.65. The Morgan fingerprint density at radius 2 is 1.58 bits per heavy atom. The molecular weight excluding hydrogens is 143 g/mol. The third-order valence-corrected chi connectivity index (χ3v) is 2.06. The van der Waals surface area contributed by atoms with Gasteiger partial charge in [0.05, 0.1) is 7.85 Å². The number of rotatable bonds is 1. The molecule has 0 heterocycles. The minimum Gasteiger partial charge on any atom is -0.0643 e. The van der Waals surface area contributed by atoms with Crippen molar-refractivity contribution in [2.75, 3.05) is 0 Å². The highest BCUT2D eigenvalue weighted by Crippen LogP contribution is 2.21. The van der Waals surface area contributed by atoms with Crippen LogP contribution < -0.4 is 0 Å². The van der Waals surface area contributed by atoms with Gasteiger partial charge in [0.1, 0.15) is 0 Å². The SMILES string of the molecule is [B]Cc1ccc(C(C)(C)C)cc1. The van der Waals surface area contributed by atoms with E-state index in [1.807, 2.05) is 0 Å². The zero-order chi connectivity index (χ0) is 9.19. The van der Waals surface area contributed by atoms with Crippen LogP contribution in [0.1, 0.15) is 31.9 Å². The average molecular weight is 158 g/mol. The van der Waals surface area contributed by atoms with Gasteiger partial charge in [-0.25, -0.2) is 0 Å². The summed E-state index contributed by atoms with van der Waals surface area (Å²) in [6.45, 7) is 6.64. The van der Waals surface area contributed by atoms with Gasteiger partial charge in [-0.3, -0.25) is 0 Å². The van der Waals surface area contributed by atoms with E-state index in [2.05, 4.69) is 45.0 Å². The molecule has 0 aliphatic heterocycles. The highest BCUT2D eigenvalue weighted by Gasteiger charge is 2.12. The van der Waals surface area contributed by atoms with Crippen molar-refractivity contribution >= 4 is 7.85 Å². The molecule has 1 rings (SSSR count). The van der Waals surface area contributed by atoms with Gasteiger partial charge < -0.3 is 0 Å². The topological polar surface area (TPSA) is 0 Å². The monoisotopic (exact) mass is 158 g/mol. The first-order chi connectivity index (χ1) is 5.54. The molecule has 0 saturated heterocycles. The van der Waals surface area contributed by atoms with Crippen LogP contribution in [0.25, 0.3) is 0 Å². The Labute approximate surface area is 76.4 Å². The van der Waals surface area contributed by atoms with E-state index in [1.165, 1.54) is 11.1 Å². The predicted molar refractivity (Wildman–Crippen MR) is 54.6 cm³/mol. The largest absolute Gasteiger partial charge is 0.0716 e. The van der Waals surface area contributed by atoms with E-state index in [1.54, 1.807) is 0 Å². The molecule has 1 heteroatoms. The molecule has 0 atom stereocenters. The van der Waals surface area contributed by atoms with Crippen molar-refractivity contribution in [2.24, 2.45) is 0 Å². The lowest BCUT2D eigenvalue weighted by atomic mass is 9.85. The van der Waals surface area contributed by atoms with Gasteiger partial charge in [0.15, 0.2) is 0 Å². The molecule has 0 spiro atoms. The van der Waals surface area contributed by atoms with Crippen molar-refractivity contribution in [1.82, 2.24) is 0 Å². The van der Waals surface area contributed by atoms with E-state index in [0.29, 0.717) is 6.32 Å². The fourth-order valence-electron chi connectivity index (χ4n) is 1.14. The Kier molecular flexibility index (Phi) is 2.61. The molecule has 0 unspecified atom stereocenters. The third kappa shape index (κ3) is 2.13. The first kappa shape index (κ1) is 9.37. The van der Waals surface area contributed by atoms with E-state index in [-0.39, 0.29) is 5.41 Å². The molecule has 0 aromatic heterocycles. The lowest BCUT2D eigenvalue weighted by molar-refractivity contribution is 0.590. The van der Waals surface area contributed by atoms with Gasteiger partial charge in [0, 0.05) is 0 Å². The Hall–Kier alpha value is -0.715. The zero-order valence-electron chi connectivity index (χ0n) is 8.09. The van der Waals surface area contributed by atoms with E-state index >= 15 is 0 Å². The summed E-state index contributed by atoms with van der Waals surface area (Å²) in [7, 11) is 5.51. The van der Waals surface area contributed by atoms with Crippen molar-refractivity contribution in [3.05, 3.63) is 35.4 Å². The van der Waals surface area contributed by atoms with Crippen molar-refractivity contribution in [1.29, 1.82) is 0 Å². The maximum absolute atomic E-state index is 5.51. The van der Waals surface area contributed by atoms with Gasteiger partial charge in [0.25, 0.3) is 0 Å². The summed E-state index contributed by atoms with van der Waals surface area (Å²) in [5.41, 5.74) is 2.80. The molecule has 2 radical (unpaired) electrons. The van der Waals surface area contributed by atoms with Crippen LogP contribution >= 0.6 is 0 Å². The van der Waals surface area contributed by atoms with Gasteiger partial charge in [-0.2, -0.15) is 0 Å². The van der Waals surface area contributed by atoms with Crippen LogP contribution in [0.3, 0.4) is 0 Å². The van der Waals surface area contributed by atoms with Crippen LogP contribution in [0.15, 0.2) is 24.3 Å². The number of benzene rings is 1. The highest BCUT2D eigenvalue weighted by atomic mass is 14.2. The van der Waals surface area contributed by atoms with Gasteiger partial charge in [-0.05, 0) is 11.0 Å². The second-order valence-electron chi connectivity index (χ2n) is 4.15. The van der Waals surface area contributed by atoms with Crippen LogP contribution in [0.4, 0.5) is 0 Å². The quantitative estimate of drug-likeness (QED) is 0.551. The standard InChI is InChI=1S/C11H15B/c1-11(2,3)10-6-4-9(8-12)5-7-10/h4-7H,8H2,1-3H3. The van der Waals surface area contributed by atoms with Crippen molar-refractivity contribution < 1.29 is 0 Å². The molecule has 0 saturated carbocycles. The molecule has 0 fully saturated rings. The van der Waals surface area contributed by atoms with E-state index in [0.717, 1.165) is 0 Å². The molecule has 0 amide bonds. The molecule has 62 valence electrons. The Morgan fingerprint density at radius 1 is 1.08 bits per heavy atom. The smallest absolute Gasteiger partial charge is 0.0643 e. The molecule has 0 aliphatic carbocycles. The Balaban J connectivity index is 2.93. The molecule has 1 aromatic carbocycles. The van der Waals surface area contributed by atoms with Crippen molar-refractivity contribution in [3.63, 3.8) is 0 Å². The van der Waals surface area contributed by atoms with E-state index in [4.69, 9.17) is 7.85 Å². The summed E-state index contributed by atoms with van der Waals surface area (Å²) in [4.78, 5) is 0. The second kappa shape index (κ2) is 3.34. The second-order valence-corrected chi connectivity index (χ2v) is 4.15. The summed E-state index contributed by atoms with van der Waals surface area (Å²) in [5, 5.41) is 0. The summed E-state index contributed by atoms with van der Waals surface area (Å²) < 4.78 is 0. The summed E-state index contributed by atoms with van der Waals surface area (Å²) in [6.07, 6.45) is 0.629. The lowest BCUT2D eigenvalue weighted by Gasteiger charge is -2.18. The zero-order valence-corrected chi connectivity index (χ0v) is 8.09. The van der Waals surface area contributed by atoms with Gasteiger partial charge in [0.2, 0.25) is 0 Å². The molecule has 0 bridgehead atoms. The Bertz CT molecular complexity index is 241. The minimum absolute atomic E-state index is 0.243. The fourth-order valence-corrected chi connectivity index (χ4v) is 1.14. The van der Waals surface area contributed by atoms with Crippen LogP contribution in [0.5, 0.6) is 0 Å². The molecule has 12 heavy (non-hydrogen) atoms.